The Kier molecular flexibility index (Phi) is 10.7. The molecule has 1 N–H and O–H groups in total. The summed E-state index contributed by atoms with van der Waals surface area (Å²) in [5.41, 5.74) is 3.15. The van der Waals surface area contributed by atoms with Crippen molar-refractivity contribution in [1.29, 1.82) is 0 Å². The van der Waals surface area contributed by atoms with Crippen molar-refractivity contribution in [2.24, 2.45) is 0 Å². The van der Waals surface area contributed by atoms with Gasteiger partial charge in [0.2, 0.25) is 11.8 Å². The zero-order valence-electron chi connectivity index (χ0n) is 20.6. The van der Waals surface area contributed by atoms with Crippen LogP contribution in [0.4, 0.5) is 0 Å². The number of nitrogens with zero attached hydrogens (tertiary/aromatic N) is 1. The third kappa shape index (κ3) is 7.52. The number of aryl methyl sites for hydroxylation is 2. The normalized spacial score (nSPS) is 11.5. The molecule has 2 aromatic carbocycles. The van der Waals surface area contributed by atoms with Gasteiger partial charge in [0.15, 0.2) is 11.5 Å². The molecular weight excluding hydrogens is 416 g/mol. The lowest BCUT2D eigenvalue weighted by Crippen LogP contribution is -2.49. The molecule has 0 aliphatic carbocycles. The molecule has 1 atom stereocenters. The van der Waals surface area contributed by atoms with Crippen LogP contribution in [0.3, 0.4) is 0 Å². The van der Waals surface area contributed by atoms with Crippen LogP contribution < -0.4 is 14.8 Å². The lowest BCUT2D eigenvalue weighted by atomic mass is 10.0. The SMILES string of the molecule is CCNC(=O)C(CC)N(Cc1ccccc1C)C(=O)CCc1ccc(OCC)c(OCC)c1. The summed E-state index contributed by atoms with van der Waals surface area (Å²) in [5, 5.41) is 2.88. The quantitative estimate of drug-likeness (QED) is 0.478. The van der Waals surface area contributed by atoms with Crippen molar-refractivity contribution in [2.75, 3.05) is 19.8 Å². The second-order valence-electron chi connectivity index (χ2n) is 7.91. The van der Waals surface area contributed by atoms with Gasteiger partial charge in [0, 0.05) is 19.5 Å². The first-order valence-corrected chi connectivity index (χ1v) is 11.9. The van der Waals surface area contributed by atoms with Crippen molar-refractivity contribution in [2.45, 2.75) is 66.5 Å². The third-order valence-corrected chi connectivity index (χ3v) is 5.57. The van der Waals surface area contributed by atoms with Gasteiger partial charge in [-0.2, -0.15) is 0 Å². The van der Waals surface area contributed by atoms with Gasteiger partial charge in [0.1, 0.15) is 6.04 Å². The number of carbonyl (C=O) groups is 2. The maximum Gasteiger partial charge on any atom is 0.242 e. The summed E-state index contributed by atoms with van der Waals surface area (Å²) in [6.45, 7) is 11.8. The molecule has 0 bridgehead atoms. The van der Waals surface area contributed by atoms with Crippen molar-refractivity contribution in [1.82, 2.24) is 10.2 Å². The summed E-state index contributed by atoms with van der Waals surface area (Å²) in [6.07, 6.45) is 1.42. The van der Waals surface area contributed by atoms with Crippen LogP contribution in [0, 0.1) is 6.92 Å². The van der Waals surface area contributed by atoms with E-state index in [2.05, 4.69) is 5.32 Å². The van der Waals surface area contributed by atoms with Gasteiger partial charge in [0.05, 0.1) is 13.2 Å². The number of nitrogens with one attached hydrogen (secondary N) is 1. The smallest absolute Gasteiger partial charge is 0.242 e. The highest BCUT2D eigenvalue weighted by Crippen LogP contribution is 2.29. The Balaban J connectivity index is 2.22. The fourth-order valence-corrected chi connectivity index (χ4v) is 3.83. The van der Waals surface area contributed by atoms with E-state index in [9.17, 15) is 9.59 Å². The van der Waals surface area contributed by atoms with Crippen molar-refractivity contribution < 1.29 is 19.1 Å². The molecule has 0 heterocycles. The Labute approximate surface area is 198 Å². The Bertz CT molecular complexity index is 913. The molecule has 6 nitrogen and oxygen atoms in total. The van der Waals surface area contributed by atoms with Crippen LogP contribution in [0.15, 0.2) is 42.5 Å². The summed E-state index contributed by atoms with van der Waals surface area (Å²) in [7, 11) is 0. The highest BCUT2D eigenvalue weighted by Gasteiger charge is 2.28. The largest absolute Gasteiger partial charge is 0.490 e. The van der Waals surface area contributed by atoms with Crippen LogP contribution >= 0.6 is 0 Å². The summed E-state index contributed by atoms with van der Waals surface area (Å²) in [4.78, 5) is 27.9. The topological polar surface area (TPSA) is 67.9 Å². The van der Waals surface area contributed by atoms with Gasteiger partial charge >= 0.3 is 0 Å². The molecule has 0 radical (unpaired) electrons. The molecule has 2 aromatic rings. The molecular formula is C27H38N2O4. The Hall–Kier alpha value is -3.02. The summed E-state index contributed by atoms with van der Waals surface area (Å²) in [6, 6.07) is 13.3. The molecule has 33 heavy (non-hydrogen) atoms. The van der Waals surface area contributed by atoms with Gasteiger partial charge in [-0.05, 0) is 69.4 Å². The molecule has 0 saturated heterocycles. The standard InChI is InChI=1S/C27H38N2O4/c1-6-23(27(31)28-7-2)29(19-22-13-11-10-12-20(22)5)26(30)17-15-21-14-16-24(32-8-3)25(18-21)33-9-4/h10-14,16,18,23H,6-9,15,17,19H2,1-5H3,(H,28,31). The molecule has 0 fully saturated rings. The average Bonchev–Trinajstić information content (AvgIpc) is 2.80. The van der Waals surface area contributed by atoms with Crippen molar-refractivity contribution in [3.05, 3.63) is 59.2 Å². The minimum absolute atomic E-state index is 0.0387. The Morgan fingerprint density at radius 1 is 0.970 bits per heavy atom. The average molecular weight is 455 g/mol. The fraction of sp³-hybridized carbons (Fsp3) is 0.481. The number of likely N-dealkylation sites (N-methyl/N-ethyl adjacent to an activating group) is 1. The van der Waals surface area contributed by atoms with Gasteiger partial charge < -0.3 is 19.7 Å². The predicted molar refractivity (Wildman–Crippen MR) is 132 cm³/mol. The number of ether oxygens (including phenoxy) is 2. The minimum atomic E-state index is -0.503. The zero-order chi connectivity index (χ0) is 24.2. The molecule has 6 heteroatoms. The highest BCUT2D eigenvalue weighted by atomic mass is 16.5. The second-order valence-corrected chi connectivity index (χ2v) is 7.91. The van der Waals surface area contributed by atoms with E-state index in [4.69, 9.17) is 9.47 Å². The van der Waals surface area contributed by atoms with Crippen molar-refractivity contribution >= 4 is 11.8 Å². The summed E-state index contributed by atoms with van der Waals surface area (Å²) in [5.74, 6) is 1.25. The van der Waals surface area contributed by atoms with Crippen LogP contribution in [0.5, 0.6) is 11.5 Å². The lowest BCUT2D eigenvalue weighted by Gasteiger charge is -2.31. The maximum absolute atomic E-state index is 13.4. The molecule has 0 saturated carbocycles. The van der Waals surface area contributed by atoms with Gasteiger partial charge in [-0.3, -0.25) is 9.59 Å². The number of amides is 2. The summed E-state index contributed by atoms with van der Waals surface area (Å²) < 4.78 is 11.4. The molecule has 2 rings (SSSR count). The second kappa shape index (κ2) is 13.5. The number of hydrogen-bond donors (Lipinski definition) is 1. The predicted octanol–water partition coefficient (Wildman–Crippen LogP) is 4.67. The van der Waals surface area contributed by atoms with Gasteiger partial charge in [-0.25, -0.2) is 0 Å². The number of hydrogen-bond acceptors (Lipinski definition) is 4. The van der Waals surface area contributed by atoms with E-state index in [0.717, 1.165) is 16.7 Å². The van der Waals surface area contributed by atoms with Crippen LogP contribution in [0.25, 0.3) is 0 Å². The monoisotopic (exact) mass is 454 g/mol. The lowest BCUT2D eigenvalue weighted by molar-refractivity contribution is -0.141. The van der Waals surface area contributed by atoms with E-state index < -0.39 is 6.04 Å². The van der Waals surface area contributed by atoms with Gasteiger partial charge in [-0.15, -0.1) is 0 Å². The summed E-state index contributed by atoms with van der Waals surface area (Å²) >= 11 is 0. The van der Waals surface area contributed by atoms with Crippen molar-refractivity contribution in [3.8, 4) is 11.5 Å². The maximum atomic E-state index is 13.4. The van der Waals surface area contributed by atoms with Crippen LogP contribution in [0.1, 0.15) is 57.2 Å². The molecule has 0 spiro atoms. The molecule has 0 aliphatic rings. The fourth-order valence-electron chi connectivity index (χ4n) is 3.83. The Morgan fingerprint density at radius 2 is 1.67 bits per heavy atom. The van der Waals surface area contributed by atoms with E-state index >= 15 is 0 Å². The van der Waals surface area contributed by atoms with Crippen LogP contribution in [-0.2, 0) is 22.6 Å². The highest BCUT2D eigenvalue weighted by molar-refractivity contribution is 5.87. The number of benzene rings is 2. The number of rotatable bonds is 13. The molecule has 2 amide bonds. The van der Waals surface area contributed by atoms with Crippen LogP contribution in [0.2, 0.25) is 0 Å². The molecule has 1 unspecified atom stereocenters. The molecule has 180 valence electrons. The van der Waals surface area contributed by atoms with Crippen molar-refractivity contribution in [3.63, 3.8) is 0 Å². The molecule has 0 aromatic heterocycles. The number of carbonyl (C=O) groups excluding carboxylic acids is 2. The van der Waals surface area contributed by atoms with Gasteiger partial charge in [-0.1, -0.05) is 37.3 Å². The first kappa shape index (κ1) is 26.2. The van der Waals surface area contributed by atoms with E-state index in [-0.39, 0.29) is 11.8 Å². The third-order valence-electron chi connectivity index (χ3n) is 5.57. The van der Waals surface area contributed by atoms with Gasteiger partial charge in [0.25, 0.3) is 0 Å². The minimum Gasteiger partial charge on any atom is -0.490 e. The zero-order valence-corrected chi connectivity index (χ0v) is 20.6. The van der Waals surface area contributed by atoms with E-state index in [1.165, 1.54) is 0 Å². The Morgan fingerprint density at radius 3 is 2.30 bits per heavy atom. The van der Waals surface area contributed by atoms with E-state index in [0.29, 0.717) is 57.1 Å². The van der Waals surface area contributed by atoms with E-state index in [1.807, 2.05) is 77.1 Å². The first-order chi connectivity index (χ1) is 15.9. The molecule has 0 aliphatic heterocycles. The van der Waals surface area contributed by atoms with Crippen LogP contribution in [-0.4, -0.2) is 42.5 Å². The van der Waals surface area contributed by atoms with E-state index in [1.54, 1.807) is 4.90 Å². The first-order valence-electron chi connectivity index (χ1n) is 11.9.